The van der Waals surface area contributed by atoms with E-state index in [1.165, 1.54) is 16.2 Å². The van der Waals surface area contributed by atoms with Crippen LogP contribution in [0.1, 0.15) is 36.9 Å². The fraction of sp³-hybridized carbons (Fsp3) is 0.692. The van der Waals surface area contributed by atoms with Gasteiger partial charge in [0.25, 0.3) is 0 Å². The van der Waals surface area contributed by atoms with Crippen molar-refractivity contribution in [1.29, 1.82) is 0 Å². The second kappa shape index (κ2) is 5.57. The number of rotatable bonds is 4. The molecule has 2 heterocycles. The molecule has 0 saturated carbocycles. The highest BCUT2D eigenvalue weighted by molar-refractivity contribution is 7.09. The number of carboxylic acid groups (broad SMARTS) is 1. The number of carbonyl (C=O) groups is 1. The summed E-state index contributed by atoms with van der Waals surface area (Å²) >= 11 is 1.48. The molecule has 8 heteroatoms. The summed E-state index contributed by atoms with van der Waals surface area (Å²) in [5, 5.41) is 11.8. The highest BCUT2D eigenvalue weighted by atomic mass is 32.1. The van der Waals surface area contributed by atoms with Crippen molar-refractivity contribution in [1.82, 2.24) is 9.88 Å². The van der Waals surface area contributed by atoms with Crippen LogP contribution < -0.4 is 0 Å². The number of aliphatic carboxylic acids is 1. The topological polar surface area (TPSA) is 53.4 Å². The molecule has 1 aliphatic rings. The van der Waals surface area contributed by atoms with Crippen LogP contribution in [-0.2, 0) is 11.3 Å². The van der Waals surface area contributed by atoms with E-state index in [-0.39, 0.29) is 19.0 Å². The van der Waals surface area contributed by atoms with Gasteiger partial charge < -0.3 is 5.11 Å². The van der Waals surface area contributed by atoms with Gasteiger partial charge in [0.1, 0.15) is 0 Å². The molecule has 1 aromatic rings. The normalized spacial score (nSPS) is 23.9. The molecule has 0 amide bonds. The molecule has 0 aromatic carbocycles. The zero-order chi connectivity index (χ0) is 15.8. The predicted octanol–water partition coefficient (Wildman–Crippen LogP) is 3.11. The van der Waals surface area contributed by atoms with Crippen molar-refractivity contribution < 1.29 is 23.1 Å². The molecule has 1 fully saturated rings. The molecular weight excluding hydrogens is 305 g/mol. The first-order valence-electron chi connectivity index (χ1n) is 6.62. The van der Waals surface area contributed by atoms with Crippen LogP contribution in [0, 0.1) is 5.41 Å². The SMILES string of the molecule is CC(C)c1nc(CN2CCC(C(=O)O)(C(F)(F)F)C2)cs1. The van der Waals surface area contributed by atoms with E-state index in [4.69, 9.17) is 5.11 Å². The zero-order valence-electron chi connectivity index (χ0n) is 11.8. The largest absolute Gasteiger partial charge is 0.481 e. The van der Waals surface area contributed by atoms with Gasteiger partial charge in [-0.15, -0.1) is 11.3 Å². The Balaban J connectivity index is 2.09. The van der Waals surface area contributed by atoms with Gasteiger partial charge >= 0.3 is 12.1 Å². The molecule has 1 aliphatic heterocycles. The first-order valence-corrected chi connectivity index (χ1v) is 7.50. The van der Waals surface area contributed by atoms with E-state index in [1.807, 2.05) is 19.2 Å². The number of nitrogens with zero attached hydrogens (tertiary/aromatic N) is 2. The maximum Gasteiger partial charge on any atom is 0.406 e. The van der Waals surface area contributed by atoms with Crippen LogP contribution >= 0.6 is 11.3 Å². The molecule has 0 spiro atoms. The lowest BCUT2D eigenvalue weighted by atomic mass is 9.86. The third-order valence-corrected chi connectivity index (χ3v) is 4.94. The Hall–Kier alpha value is -1.15. The van der Waals surface area contributed by atoms with Crippen molar-refractivity contribution in [2.24, 2.45) is 5.41 Å². The van der Waals surface area contributed by atoms with E-state index in [1.54, 1.807) is 0 Å². The van der Waals surface area contributed by atoms with E-state index < -0.39 is 30.5 Å². The van der Waals surface area contributed by atoms with Gasteiger partial charge in [-0.2, -0.15) is 13.2 Å². The Morgan fingerprint density at radius 1 is 1.57 bits per heavy atom. The molecule has 0 radical (unpaired) electrons. The van der Waals surface area contributed by atoms with Crippen LogP contribution in [0.2, 0.25) is 0 Å². The smallest absolute Gasteiger partial charge is 0.406 e. The summed E-state index contributed by atoms with van der Waals surface area (Å²) < 4.78 is 39.2. The number of halogens is 3. The minimum atomic E-state index is -4.74. The van der Waals surface area contributed by atoms with Crippen LogP contribution in [0.15, 0.2) is 5.38 Å². The first-order chi connectivity index (χ1) is 9.65. The highest BCUT2D eigenvalue weighted by Crippen LogP contribution is 2.46. The molecular formula is C13H17F3N2O2S. The van der Waals surface area contributed by atoms with Crippen molar-refractivity contribution in [2.75, 3.05) is 13.1 Å². The molecule has 0 aliphatic carbocycles. The number of likely N-dealkylation sites (tertiary alicyclic amines) is 1. The fourth-order valence-electron chi connectivity index (χ4n) is 2.44. The van der Waals surface area contributed by atoms with Crippen LogP contribution in [0.5, 0.6) is 0 Å². The number of carboxylic acids is 1. The van der Waals surface area contributed by atoms with E-state index in [2.05, 4.69) is 4.98 Å². The fourth-order valence-corrected chi connectivity index (χ4v) is 3.27. The summed E-state index contributed by atoms with van der Waals surface area (Å²) in [6.07, 6.45) is -5.15. The lowest BCUT2D eigenvalue weighted by molar-refractivity contribution is -0.227. The minimum Gasteiger partial charge on any atom is -0.481 e. The van der Waals surface area contributed by atoms with Gasteiger partial charge in [0.15, 0.2) is 5.41 Å². The van der Waals surface area contributed by atoms with Gasteiger partial charge in [-0.05, 0) is 6.42 Å². The average molecular weight is 322 g/mol. The summed E-state index contributed by atoms with van der Waals surface area (Å²) in [5.74, 6) is -1.52. The van der Waals surface area contributed by atoms with Gasteiger partial charge in [0.2, 0.25) is 0 Å². The summed E-state index contributed by atoms with van der Waals surface area (Å²) in [6.45, 7) is 3.85. The molecule has 1 N–H and O–H groups in total. The average Bonchev–Trinajstić information content (AvgIpc) is 2.95. The molecule has 1 aromatic heterocycles. The third kappa shape index (κ3) is 3.06. The molecule has 1 saturated heterocycles. The van der Waals surface area contributed by atoms with E-state index in [0.29, 0.717) is 5.69 Å². The number of alkyl halides is 3. The Labute approximate surface area is 124 Å². The van der Waals surface area contributed by atoms with Crippen LogP contribution in [0.25, 0.3) is 0 Å². The zero-order valence-corrected chi connectivity index (χ0v) is 12.6. The maximum atomic E-state index is 13.1. The second-order valence-corrected chi connectivity index (χ2v) is 6.57. The lowest BCUT2D eigenvalue weighted by Crippen LogP contribution is -2.47. The number of thiazole rings is 1. The molecule has 21 heavy (non-hydrogen) atoms. The molecule has 1 atom stereocenters. The van der Waals surface area contributed by atoms with Crippen molar-refractivity contribution in [2.45, 2.75) is 38.9 Å². The van der Waals surface area contributed by atoms with Gasteiger partial charge in [-0.3, -0.25) is 9.69 Å². The van der Waals surface area contributed by atoms with Crippen LogP contribution in [-0.4, -0.2) is 40.2 Å². The first kappa shape index (κ1) is 16.2. The summed E-state index contributed by atoms with van der Waals surface area (Å²) in [4.78, 5) is 17.0. The molecule has 1 unspecified atom stereocenters. The van der Waals surface area contributed by atoms with E-state index in [0.717, 1.165) is 5.01 Å². The van der Waals surface area contributed by atoms with Gasteiger partial charge in [0, 0.05) is 30.9 Å². The maximum absolute atomic E-state index is 13.1. The summed E-state index contributed by atoms with van der Waals surface area (Å²) in [7, 11) is 0. The second-order valence-electron chi connectivity index (χ2n) is 5.68. The van der Waals surface area contributed by atoms with Crippen LogP contribution in [0.3, 0.4) is 0 Å². The van der Waals surface area contributed by atoms with Crippen molar-refractivity contribution >= 4 is 17.3 Å². The summed E-state index contributed by atoms with van der Waals surface area (Å²) in [6, 6.07) is 0. The third-order valence-electron chi connectivity index (χ3n) is 3.75. The number of hydrogen-bond acceptors (Lipinski definition) is 4. The Morgan fingerprint density at radius 2 is 2.24 bits per heavy atom. The Morgan fingerprint density at radius 3 is 2.67 bits per heavy atom. The lowest BCUT2D eigenvalue weighted by Gasteiger charge is -2.27. The molecule has 0 bridgehead atoms. The standard InChI is InChI=1S/C13H17F3N2O2S/c1-8(2)10-17-9(6-21-10)5-18-4-3-12(7-18,11(19)20)13(14,15)16/h6,8H,3-5,7H2,1-2H3,(H,19,20). The monoisotopic (exact) mass is 322 g/mol. The number of hydrogen-bond donors (Lipinski definition) is 1. The highest BCUT2D eigenvalue weighted by Gasteiger charge is 2.63. The van der Waals surface area contributed by atoms with Crippen molar-refractivity contribution in [3.8, 4) is 0 Å². The molecule has 4 nitrogen and oxygen atoms in total. The number of aromatic nitrogens is 1. The minimum absolute atomic E-state index is 0.111. The van der Waals surface area contributed by atoms with Gasteiger partial charge in [-0.25, -0.2) is 4.98 Å². The molecule has 118 valence electrons. The summed E-state index contributed by atoms with van der Waals surface area (Å²) in [5.41, 5.74) is -1.95. The van der Waals surface area contributed by atoms with Gasteiger partial charge in [-0.1, -0.05) is 13.8 Å². The Bertz CT molecular complexity index is 530. The predicted molar refractivity (Wildman–Crippen MR) is 72.2 cm³/mol. The van der Waals surface area contributed by atoms with Crippen molar-refractivity contribution in [3.63, 3.8) is 0 Å². The van der Waals surface area contributed by atoms with Crippen LogP contribution in [0.4, 0.5) is 13.2 Å². The van der Waals surface area contributed by atoms with Crippen molar-refractivity contribution in [3.05, 3.63) is 16.1 Å². The van der Waals surface area contributed by atoms with E-state index >= 15 is 0 Å². The van der Waals surface area contributed by atoms with E-state index in [9.17, 15) is 18.0 Å². The quantitative estimate of drug-likeness (QED) is 0.925. The Kier molecular flexibility index (Phi) is 4.30. The van der Waals surface area contributed by atoms with Gasteiger partial charge in [0.05, 0.1) is 10.7 Å². The molecule has 2 rings (SSSR count).